The van der Waals surface area contributed by atoms with Crippen LogP contribution in [-0.4, -0.2) is 88.1 Å². The minimum absolute atomic E-state index is 0.0526. The minimum atomic E-state index is -1.46. The van der Waals surface area contributed by atoms with Crippen molar-refractivity contribution in [2.75, 3.05) is 19.8 Å². The Morgan fingerprint density at radius 3 is 2.51 bits per heavy atom. The first-order chi connectivity index (χ1) is 16.3. The van der Waals surface area contributed by atoms with Crippen LogP contribution in [0.15, 0.2) is 24.8 Å². The number of nitrogens with one attached hydrogen (secondary N) is 2. The number of ether oxygens (including phenoxy) is 2. The summed E-state index contributed by atoms with van der Waals surface area (Å²) in [6.45, 7) is 10.9. The normalized spacial score (nSPS) is 26.8. The van der Waals surface area contributed by atoms with Gasteiger partial charge in [-0.25, -0.2) is 9.59 Å². The van der Waals surface area contributed by atoms with Crippen molar-refractivity contribution in [3.63, 3.8) is 0 Å². The number of rotatable bonds is 11. The third-order valence-corrected chi connectivity index (χ3v) is 5.88. The van der Waals surface area contributed by atoms with Gasteiger partial charge in [0.25, 0.3) is 0 Å². The number of allylic oxidation sites excluding steroid dienone is 1. The molecule has 0 aromatic rings. The maximum absolute atomic E-state index is 13.4. The van der Waals surface area contributed by atoms with Crippen LogP contribution >= 0.6 is 0 Å². The van der Waals surface area contributed by atoms with E-state index in [1.165, 1.54) is 11.0 Å². The number of carbonyl (C=O) groups excluding carboxylic acids is 3. The number of carbonyl (C=O) groups is 4. The van der Waals surface area contributed by atoms with Crippen LogP contribution in [0.5, 0.6) is 0 Å². The van der Waals surface area contributed by atoms with Crippen molar-refractivity contribution in [1.82, 2.24) is 15.5 Å². The van der Waals surface area contributed by atoms with Crippen LogP contribution in [0.2, 0.25) is 0 Å². The number of hydrogen-bond donors (Lipinski definition) is 4. The van der Waals surface area contributed by atoms with Gasteiger partial charge in [0.1, 0.15) is 23.2 Å². The second-order valence-electron chi connectivity index (χ2n) is 9.84. The molecular weight excluding hydrogens is 458 g/mol. The highest BCUT2D eigenvalue weighted by Crippen LogP contribution is 2.44. The summed E-state index contributed by atoms with van der Waals surface area (Å²) < 4.78 is 10.7. The number of aliphatic carboxylic acids is 1. The molecule has 0 radical (unpaired) electrons. The first-order valence-corrected chi connectivity index (χ1v) is 11.7. The predicted molar refractivity (Wildman–Crippen MR) is 126 cm³/mol. The summed E-state index contributed by atoms with van der Waals surface area (Å²) in [6.07, 6.45) is 3.55. The largest absolute Gasteiger partial charge is 0.479 e. The quantitative estimate of drug-likeness (QED) is 0.244. The van der Waals surface area contributed by atoms with Crippen LogP contribution in [0.1, 0.15) is 47.0 Å². The zero-order valence-electron chi connectivity index (χ0n) is 20.8. The molecule has 3 amide bonds. The molecule has 0 aromatic heterocycles. The van der Waals surface area contributed by atoms with E-state index in [0.717, 1.165) is 0 Å². The van der Waals surface area contributed by atoms with Crippen LogP contribution < -0.4 is 10.6 Å². The monoisotopic (exact) mass is 495 g/mol. The van der Waals surface area contributed by atoms with Crippen molar-refractivity contribution in [1.29, 1.82) is 0 Å². The van der Waals surface area contributed by atoms with Crippen molar-refractivity contribution in [2.45, 2.75) is 76.3 Å². The lowest BCUT2D eigenvalue weighted by Gasteiger charge is -2.30. The summed E-state index contributed by atoms with van der Waals surface area (Å²) in [7, 11) is 0. The summed E-state index contributed by atoms with van der Waals surface area (Å²) in [5.41, 5.74) is -2.25. The van der Waals surface area contributed by atoms with Gasteiger partial charge in [-0.2, -0.15) is 0 Å². The number of hydrogen-bond acceptors (Lipinski definition) is 7. The van der Waals surface area contributed by atoms with Crippen LogP contribution in [0.3, 0.4) is 0 Å². The molecule has 1 aliphatic heterocycles. The fraction of sp³-hybridized carbons (Fsp3) is 0.667. The molecule has 2 fully saturated rings. The summed E-state index contributed by atoms with van der Waals surface area (Å²) in [6, 6.07) is -2.17. The maximum Gasteiger partial charge on any atom is 0.408 e. The van der Waals surface area contributed by atoms with E-state index in [9.17, 15) is 29.4 Å². The third kappa shape index (κ3) is 7.53. The van der Waals surface area contributed by atoms with E-state index in [2.05, 4.69) is 17.2 Å². The number of β-amino-alcohol motifs (C(OH)–C–C–N with tert-alkyl or cyclic N) is 1. The van der Waals surface area contributed by atoms with E-state index < -0.39 is 59.1 Å². The summed E-state index contributed by atoms with van der Waals surface area (Å²) in [5, 5.41) is 24.9. The molecule has 0 spiro atoms. The van der Waals surface area contributed by atoms with Crippen molar-refractivity contribution in [3.8, 4) is 0 Å². The Morgan fingerprint density at radius 1 is 1.29 bits per heavy atom. The van der Waals surface area contributed by atoms with Gasteiger partial charge in [0.15, 0.2) is 0 Å². The fourth-order valence-corrected chi connectivity index (χ4v) is 3.98. The SMILES string of the molecule is C=CC1CC1(NC(=O)[C@@H]1C[C@@H](O)CN1C(=O)C(CCOCC=CC)NC(=O)OC(C)(C)C)C(=O)O. The number of amides is 3. The van der Waals surface area contributed by atoms with Crippen molar-refractivity contribution >= 4 is 23.9 Å². The minimum Gasteiger partial charge on any atom is -0.479 e. The molecule has 1 saturated carbocycles. The fourth-order valence-electron chi connectivity index (χ4n) is 3.98. The van der Waals surface area contributed by atoms with E-state index >= 15 is 0 Å². The average Bonchev–Trinajstić information content (AvgIpc) is 3.34. The lowest BCUT2D eigenvalue weighted by molar-refractivity contribution is -0.145. The van der Waals surface area contributed by atoms with Crippen molar-refractivity contribution in [2.24, 2.45) is 5.92 Å². The Kier molecular flexibility index (Phi) is 9.45. The van der Waals surface area contributed by atoms with Crippen LogP contribution in [0, 0.1) is 5.92 Å². The zero-order valence-corrected chi connectivity index (χ0v) is 20.8. The summed E-state index contributed by atoms with van der Waals surface area (Å²) in [5.74, 6) is -2.88. The standard InChI is InChI=1S/C24H37N3O8/c1-6-8-10-34-11-9-17(25-22(33)35-23(3,4)5)20(30)27-14-16(28)12-18(27)19(29)26-24(21(31)32)13-15(24)7-2/h6-8,15-18,28H,2,9-14H2,1,3-5H3,(H,25,33)(H,26,29)(H,31,32)/t15?,16-,17?,18+,24?/m1/s1. The molecule has 3 unspecified atom stereocenters. The Labute approximate surface area is 205 Å². The molecule has 1 saturated heterocycles. The first kappa shape index (κ1) is 28.3. The number of alkyl carbamates (subject to hydrolysis) is 1. The van der Waals surface area contributed by atoms with Crippen LogP contribution in [-0.2, 0) is 23.9 Å². The predicted octanol–water partition coefficient (Wildman–Crippen LogP) is 0.970. The molecular formula is C24H37N3O8. The number of aliphatic hydroxyl groups is 1. The maximum atomic E-state index is 13.4. The first-order valence-electron chi connectivity index (χ1n) is 11.7. The Balaban J connectivity index is 2.16. The Morgan fingerprint density at radius 2 is 1.97 bits per heavy atom. The molecule has 2 aliphatic rings. The van der Waals surface area contributed by atoms with Gasteiger partial charge in [-0.05, 0) is 34.1 Å². The van der Waals surface area contributed by atoms with Gasteiger partial charge in [-0.15, -0.1) is 6.58 Å². The molecule has 5 atom stereocenters. The molecule has 0 bridgehead atoms. The lowest BCUT2D eigenvalue weighted by atomic mass is 10.1. The number of carboxylic acids is 1. The highest BCUT2D eigenvalue weighted by atomic mass is 16.6. The molecule has 1 heterocycles. The Bertz CT molecular complexity index is 852. The van der Waals surface area contributed by atoms with E-state index in [-0.39, 0.29) is 32.4 Å². The van der Waals surface area contributed by atoms with Gasteiger partial charge < -0.3 is 35.2 Å². The van der Waals surface area contributed by atoms with Gasteiger partial charge in [-0.3, -0.25) is 9.59 Å². The van der Waals surface area contributed by atoms with E-state index in [1.807, 2.05) is 13.0 Å². The summed E-state index contributed by atoms with van der Waals surface area (Å²) in [4.78, 5) is 51.8. The number of likely N-dealkylation sites (tertiary alicyclic amines) is 1. The van der Waals surface area contributed by atoms with E-state index in [4.69, 9.17) is 9.47 Å². The molecule has 11 heteroatoms. The van der Waals surface area contributed by atoms with Gasteiger partial charge in [-0.1, -0.05) is 18.2 Å². The van der Waals surface area contributed by atoms with Crippen molar-refractivity contribution in [3.05, 3.63) is 24.8 Å². The van der Waals surface area contributed by atoms with Gasteiger partial charge >= 0.3 is 12.1 Å². The van der Waals surface area contributed by atoms with Crippen molar-refractivity contribution < 1.29 is 38.9 Å². The molecule has 2 rings (SSSR count). The number of aliphatic hydroxyl groups excluding tert-OH is 1. The number of nitrogens with zero attached hydrogens (tertiary/aromatic N) is 1. The van der Waals surface area contributed by atoms with Gasteiger partial charge in [0, 0.05) is 31.9 Å². The molecule has 11 nitrogen and oxygen atoms in total. The van der Waals surface area contributed by atoms with Gasteiger partial charge in [0.05, 0.1) is 12.7 Å². The zero-order chi connectivity index (χ0) is 26.4. The second kappa shape index (κ2) is 11.7. The van der Waals surface area contributed by atoms with E-state index in [1.54, 1.807) is 26.8 Å². The smallest absolute Gasteiger partial charge is 0.408 e. The molecule has 196 valence electrons. The third-order valence-electron chi connectivity index (χ3n) is 5.88. The highest BCUT2D eigenvalue weighted by molar-refractivity contribution is 5.96. The average molecular weight is 496 g/mol. The summed E-state index contributed by atoms with van der Waals surface area (Å²) >= 11 is 0. The van der Waals surface area contributed by atoms with E-state index in [0.29, 0.717) is 6.61 Å². The van der Waals surface area contributed by atoms with Crippen LogP contribution in [0.4, 0.5) is 4.79 Å². The molecule has 1 aliphatic carbocycles. The second-order valence-corrected chi connectivity index (χ2v) is 9.84. The highest BCUT2D eigenvalue weighted by Gasteiger charge is 2.61. The lowest BCUT2D eigenvalue weighted by Crippen LogP contribution is -2.56. The molecule has 4 N–H and O–H groups in total. The molecule has 0 aromatic carbocycles. The van der Waals surface area contributed by atoms with Crippen LogP contribution in [0.25, 0.3) is 0 Å². The topological polar surface area (TPSA) is 154 Å². The molecule has 35 heavy (non-hydrogen) atoms. The Hall–Kier alpha value is -2.92. The van der Waals surface area contributed by atoms with Gasteiger partial charge in [0.2, 0.25) is 11.8 Å². The number of carboxylic acid groups (broad SMARTS) is 1.